The first-order valence-electron chi connectivity index (χ1n) is 8.22. The van der Waals surface area contributed by atoms with Crippen LogP contribution in [0.2, 0.25) is 0 Å². The van der Waals surface area contributed by atoms with Gasteiger partial charge in [-0.2, -0.15) is 0 Å². The van der Waals surface area contributed by atoms with Gasteiger partial charge in [0.2, 0.25) is 0 Å². The summed E-state index contributed by atoms with van der Waals surface area (Å²) in [6.07, 6.45) is 2.08. The zero-order valence-electron chi connectivity index (χ0n) is 14.1. The highest BCUT2D eigenvalue weighted by atomic mass is 32.1. The van der Waals surface area contributed by atoms with Gasteiger partial charge in [-0.3, -0.25) is 4.79 Å². The molecule has 0 aliphatic carbocycles. The van der Waals surface area contributed by atoms with E-state index in [0.29, 0.717) is 22.4 Å². The van der Waals surface area contributed by atoms with Gasteiger partial charge in [0.1, 0.15) is 5.82 Å². The topological polar surface area (TPSA) is 50.4 Å². The molecule has 6 heteroatoms. The number of thiophene rings is 1. The molecule has 1 aliphatic rings. The Morgan fingerprint density at radius 3 is 2.88 bits per heavy atom. The van der Waals surface area contributed by atoms with E-state index in [9.17, 15) is 9.18 Å². The Kier molecular flexibility index (Phi) is 5.18. The van der Waals surface area contributed by atoms with Crippen molar-refractivity contribution in [1.29, 1.82) is 0 Å². The molecule has 1 aromatic heterocycles. The first-order chi connectivity index (χ1) is 11.5. The van der Waals surface area contributed by atoms with Crippen LogP contribution in [0.1, 0.15) is 35.0 Å². The summed E-state index contributed by atoms with van der Waals surface area (Å²) < 4.78 is 20.2. The number of carbonyl (C=O) groups is 1. The van der Waals surface area contributed by atoms with Gasteiger partial charge in [-0.1, -0.05) is 13.0 Å². The number of ether oxygens (including phenoxy) is 1. The maximum absolute atomic E-state index is 14.2. The first-order valence-corrected chi connectivity index (χ1v) is 9.03. The number of carbonyl (C=O) groups excluding carboxylic acids is 1. The van der Waals surface area contributed by atoms with Crippen LogP contribution in [-0.2, 0) is 11.3 Å². The van der Waals surface area contributed by atoms with Crippen molar-refractivity contribution in [2.75, 3.05) is 26.7 Å². The van der Waals surface area contributed by atoms with Crippen molar-refractivity contribution in [2.24, 2.45) is 5.41 Å². The fourth-order valence-electron chi connectivity index (χ4n) is 3.21. The SMILES string of the molecule is COCc1c(C(=O)NCC2(C)CCNCC2)sc2cccc(F)c12. The molecule has 1 fully saturated rings. The van der Waals surface area contributed by atoms with E-state index in [4.69, 9.17) is 4.74 Å². The van der Waals surface area contributed by atoms with E-state index >= 15 is 0 Å². The van der Waals surface area contributed by atoms with E-state index in [1.807, 2.05) is 6.07 Å². The Morgan fingerprint density at radius 1 is 1.42 bits per heavy atom. The summed E-state index contributed by atoms with van der Waals surface area (Å²) in [4.78, 5) is 13.3. The quantitative estimate of drug-likeness (QED) is 0.870. The minimum absolute atomic E-state index is 0.115. The van der Waals surface area contributed by atoms with Crippen LogP contribution >= 0.6 is 11.3 Å². The second-order valence-corrected chi connectivity index (χ2v) is 7.75. The smallest absolute Gasteiger partial charge is 0.261 e. The molecule has 0 saturated carbocycles. The Hall–Kier alpha value is -1.50. The van der Waals surface area contributed by atoms with Gasteiger partial charge in [0.15, 0.2) is 0 Å². The molecule has 24 heavy (non-hydrogen) atoms. The van der Waals surface area contributed by atoms with E-state index in [2.05, 4.69) is 17.6 Å². The summed E-state index contributed by atoms with van der Waals surface area (Å²) >= 11 is 1.33. The van der Waals surface area contributed by atoms with E-state index in [1.54, 1.807) is 13.2 Å². The maximum Gasteiger partial charge on any atom is 0.261 e. The van der Waals surface area contributed by atoms with Crippen LogP contribution in [0.4, 0.5) is 4.39 Å². The van der Waals surface area contributed by atoms with Crippen LogP contribution in [0.15, 0.2) is 18.2 Å². The molecular weight excluding hydrogens is 327 g/mol. The summed E-state index contributed by atoms with van der Waals surface area (Å²) in [5.74, 6) is -0.442. The number of hydrogen-bond acceptors (Lipinski definition) is 4. The molecule has 0 spiro atoms. The number of rotatable bonds is 5. The molecule has 2 aromatic rings. The highest BCUT2D eigenvalue weighted by Crippen LogP contribution is 2.34. The molecule has 1 amide bonds. The van der Waals surface area contributed by atoms with Gasteiger partial charge in [0.25, 0.3) is 5.91 Å². The molecule has 0 atom stereocenters. The molecule has 0 bridgehead atoms. The van der Waals surface area contributed by atoms with Crippen LogP contribution in [0.25, 0.3) is 10.1 Å². The zero-order valence-corrected chi connectivity index (χ0v) is 14.9. The number of hydrogen-bond donors (Lipinski definition) is 2. The minimum Gasteiger partial charge on any atom is -0.380 e. The lowest BCUT2D eigenvalue weighted by Gasteiger charge is -2.34. The zero-order chi connectivity index (χ0) is 17.2. The Morgan fingerprint density at radius 2 is 2.17 bits per heavy atom. The summed E-state index contributed by atoms with van der Waals surface area (Å²) in [5, 5.41) is 6.90. The van der Waals surface area contributed by atoms with E-state index in [-0.39, 0.29) is 23.7 Å². The predicted molar refractivity (Wildman–Crippen MR) is 95.0 cm³/mol. The average molecular weight is 350 g/mol. The second kappa shape index (κ2) is 7.17. The van der Waals surface area contributed by atoms with Gasteiger partial charge in [-0.05, 0) is 43.5 Å². The number of benzene rings is 1. The van der Waals surface area contributed by atoms with E-state index < -0.39 is 0 Å². The van der Waals surface area contributed by atoms with Gasteiger partial charge in [0.05, 0.1) is 11.5 Å². The number of nitrogens with one attached hydrogen (secondary N) is 2. The Bertz CT molecular complexity index is 738. The van der Waals surface area contributed by atoms with Crippen LogP contribution in [0.3, 0.4) is 0 Å². The minimum atomic E-state index is -0.305. The van der Waals surface area contributed by atoms with Crippen molar-refractivity contribution >= 4 is 27.3 Å². The first kappa shape index (κ1) is 17.3. The molecule has 2 heterocycles. The van der Waals surface area contributed by atoms with Gasteiger partial charge in [-0.15, -0.1) is 11.3 Å². The largest absolute Gasteiger partial charge is 0.380 e. The lowest BCUT2D eigenvalue weighted by molar-refractivity contribution is 0.0922. The molecule has 0 unspecified atom stereocenters. The molecule has 1 aliphatic heterocycles. The fraction of sp³-hybridized carbons (Fsp3) is 0.500. The normalized spacial score (nSPS) is 17.1. The molecule has 4 nitrogen and oxygen atoms in total. The number of piperidine rings is 1. The van der Waals surface area contributed by atoms with Crippen molar-refractivity contribution in [3.05, 3.63) is 34.5 Å². The summed E-state index contributed by atoms with van der Waals surface area (Å²) in [7, 11) is 1.56. The lowest BCUT2D eigenvalue weighted by Crippen LogP contribution is -2.42. The van der Waals surface area contributed by atoms with Crippen LogP contribution in [-0.4, -0.2) is 32.7 Å². The van der Waals surface area contributed by atoms with E-state index in [1.165, 1.54) is 17.4 Å². The monoisotopic (exact) mass is 350 g/mol. The number of halogens is 1. The molecule has 0 radical (unpaired) electrons. The number of amides is 1. The molecule has 2 N–H and O–H groups in total. The van der Waals surface area contributed by atoms with Crippen LogP contribution in [0, 0.1) is 11.2 Å². The average Bonchev–Trinajstić information content (AvgIpc) is 2.94. The molecule has 130 valence electrons. The Labute approximate surface area is 145 Å². The van der Waals surface area contributed by atoms with Crippen molar-refractivity contribution < 1.29 is 13.9 Å². The molecule has 1 aromatic carbocycles. The van der Waals surface area contributed by atoms with Crippen molar-refractivity contribution in [1.82, 2.24) is 10.6 Å². The van der Waals surface area contributed by atoms with E-state index in [0.717, 1.165) is 30.6 Å². The van der Waals surface area contributed by atoms with Gasteiger partial charge >= 0.3 is 0 Å². The van der Waals surface area contributed by atoms with Gasteiger partial charge in [-0.25, -0.2) is 4.39 Å². The van der Waals surface area contributed by atoms with Crippen molar-refractivity contribution in [2.45, 2.75) is 26.4 Å². The number of fused-ring (bicyclic) bond motifs is 1. The number of methoxy groups -OCH3 is 1. The highest BCUT2D eigenvalue weighted by Gasteiger charge is 2.28. The summed E-state index contributed by atoms with van der Waals surface area (Å²) in [6.45, 7) is 5.03. The highest BCUT2D eigenvalue weighted by molar-refractivity contribution is 7.21. The lowest BCUT2D eigenvalue weighted by atomic mass is 9.81. The molecular formula is C18H23FN2O2S. The van der Waals surface area contributed by atoms with Crippen molar-refractivity contribution in [3.63, 3.8) is 0 Å². The second-order valence-electron chi connectivity index (χ2n) is 6.70. The fourth-order valence-corrected chi connectivity index (χ4v) is 4.35. The molecule has 1 saturated heterocycles. The Balaban J connectivity index is 1.84. The summed E-state index contributed by atoms with van der Waals surface area (Å²) in [6, 6.07) is 4.93. The van der Waals surface area contributed by atoms with Crippen molar-refractivity contribution in [3.8, 4) is 0 Å². The van der Waals surface area contributed by atoms with Crippen LogP contribution < -0.4 is 10.6 Å². The maximum atomic E-state index is 14.2. The standard InChI is InChI=1S/C18H23FN2O2S/c1-18(6-8-20-9-7-18)11-21-17(22)16-12(10-23-2)15-13(19)4-3-5-14(15)24-16/h3-5,20H,6-11H2,1-2H3,(H,21,22). The van der Waals surface area contributed by atoms with Crippen LogP contribution in [0.5, 0.6) is 0 Å². The van der Waals surface area contributed by atoms with Gasteiger partial charge in [0, 0.05) is 29.3 Å². The third kappa shape index (κ3) is 3.45. The summed E-state index contributed by atoms with van der Waals surface area (Å²) in [5.41, 5.74) is 0.758. The third-order valence-corrected chi connectivity index (χ3v) is 5.94. The molecule has 3 rings (SSSR count). The predicted octanol–water partition coefficient (Wildman–Crippen LogP) is 3.31. The third-order valence-electron chi connectivity index (χ3n) is 4.74. The van der Waals surface area contributed by atoms with Gasteiger partial charge < -0.3 is 15.4 Å².